The SMILES string of the molecule is O[C@H]1C[C@@H](NCc2ccccc2)[C@H](Cc2ccccc2)n2cccc21. The van der Waals surface area contributed by atoms with Crippen molar-refractivity contribution < 1.29 is 5.11 Å². The number of benzene rings is 2. The minimum absolute atomic E-state index is 0.232. The van der Waals surface area contributed by atoms with E-state index in [1.807, 2.05) is 18.2 Å². The fourth-order valence-corrected chi connectivity index (χ4v) is 3.86. The van der Waals surface area contributed by atoms with Gasteiger partial charge in [-0.2, -0.15) is 0 Å². The number of hydrogen-bond acceptors (Lipinski definition) is 2. The minimum Gasteiger partial charge on any atom is -0.387 e. The lowest BCUT2D eigenvalue weighted by atomic mass is 9.90. The van der Waals surface area contributed by atoms with Crippen LogP contribution in [0.15, 0.2) is 79.0 Å². The zero-order valence-corrected chi connectivity index (χ0v) is 14.3. The van der Waals surface area contributed by atoms with Gasteiger partial charge in [0.2, 0.25) is 0 Å². The summed E-state index contributed by atoms with van der Waals surface area (Å²) in [5.41, 5.74) is 3.63. The van der Waals surface area contributed by atoms with Crippen LogP contribution in [-0.4, -0.2) is 15.7 Å². The molecule has 3 aromatic rings. The summed E-state index contributed by atoms with van der Waals surface area (Å²) in [6, 6.07) is 25.7. The lowest BCUT2D eigenvalue weighted by Crippen LogP contribution is -2.43. The van der Waals surface area contributed by atoms with Gasteiger partial charge in [-0.15, -0.1) is 0 Å². The van der Waals surface area contributed by atoms with Crippen LogP contribution in [0.5, 0.6) is 0 Å². The smallest absolute Gasteiger partial charge is 0.0955 e. The molecule has 0 aliphatic carbocycles. The highest BCUT2D eigenvalue weighted by atomic mass is 16.3. The van der Waals surface area contributed by atoms with Gasteiger partial charge in [0, 0.05) is 24.5 Å². The van der Waals surface area contributed by atoms with Gasteiger partial charge in [0.25, 0.3) is 0 Å². The van der Waals surface area contributed by atoms with E-state index in [2.05, 4.69) is 70.7 Å². The van der Waals surface area contributed by atoms with Crippen molar-refractivity contribution in [2.75, 3.05) is 0 Å². The Hall–Kier alpha value is -2.36. The number of fused-ring (bicyclic) bond motifs is 1. The Balaban J connectivity index is 1.57. The van der Waals surface area contributed by atoms with E-state index in [4.69, 9.17) is 0 Å². The number of aliphatic hydroxyl groups is 1. The molecule has 1 aliphatic rings. The second kappa shape index (κ2) is 7.26. The van der Waals surface area contributed by atoms with E-state index < -0.39 is 6.10 Å². The van der Waals surface area contributed by atoms with Gasteiger partial charge in [-0.05, 0) is 36.1 Å². The van der Waals surface area contributed by atoms with Crippen molar-refractivity contribution in [3.63, 3.8) is 0 Å². The zero-order chi connectivity index (χ0) is 17.1. The molecule has 3 nitrogen and oxygen atoms in total. The number of aliphatic hydroxyl groups excluding tert-OH is 1. The number of hydrogen-bond donors (Lipinski definition) is 2. The van der Waals surface area contributed by atoms with Gasteiger partial charge in [0.1, 0.15) is 0 Å². The summed E-state index contributed by atoms with van der Waals surface area (Å²) in [7, 11) is 0. The lowest BCUT2D eigenvalue weighted by molar-refractivity contribution is 0.102. The molecule has 2 heterocycles. The molecule has 3 heteroatoms. The first-order valence-electron chi connectivity index (χ1n) is 8.97. The van der Waals surface area contributed by atoms with Crippen molar-refractivity contribution in [1.29, 1.82) is 0 Å². The Kier molecular flexibility index (Phi) is 4.68. The average Bonchev–Trinajstić information content (AvgIpc) is 3.15. The fraction of sp³-hybridized carbons (Fsp3) is 0.273. The van der Waals surface area contributed by atoms with E-state index in [1.165, 1.54) is 11.1 Å². The van der Waals surface area contributed by atoms with Gasteiger partial charge in [0.15, 0.2) is 0 Å². The van der Waals surface area contributed by atoms with Crippen LogP contribution in [0.3, 0.4) is 0 Å². The van der Waals surface area contributed by atoms with Gasteiger partial charge in [-0.25, -0.2) is 0 Å². The maximum absolute atomic E-state index is 10.5. The summed E-state index contributed by atoms with van der Waals surface area (Å²) in [5, 5.41) is 14.2. The summed E-state index contributed by atoms with van der Waals surface area (Å²) in [6.07, 6.45) is 3.40. The molecule has 0 spiro atoms. The molecule has 1 aromatic heterocycles. The Morgan fingerprint density at radius 2 is 1.56 bits per heavy atom. The molecule has 128 valence electrons. The lowest BCUT2D eigenvalue weighted by Gasteiger charge is -2.37. The molecule has 0 unspecified atom stereocenters. The summed E-state index contributed by atoms with van der Waals surface area (Å²) in [5.74, 6) is 0. The molecular formula is C22H24N2O. The van der Waals surface area contributed by atoms with E-state index in [1.54, 1.807) is 0 Å². The second-order valence-corrected chi connectivity index (χ2v) is 6.82. The molecule has 0 bridgehead atoms. The highest BCUT2D eigenvalue weighted by molar-refractivity contribution is 5.22. The van der Waals surface area contributed by atoms with Crippen LogP contribution in [0.25, 0.3) is 0 Å². The predicted molar refractivity (Wildman–Crippen MR) is 100 cm³/mol. The molecule has 0 amide bonds. The first-order chi connectivity index (χ1) is 12.3. The normalized spacial score (nSPS) is 22.5. The maximum Gasteiger partial charge on any atom is 0.0955 e. The molecule has 0 fully saturated rings. The highest BCUT2D eigenvalue weighted by Crippen LogP contribution is 2.34. The summed E-state index contributed by atoms with van der Waals surface area (Å²) < 4.78 is 2.25. The van der Waals surface area contributed by atoms with Gasteiger partial charge in [-0.1, -0.05) is 60.7 Å². The number of nitrogens with one attached hydrogen (secondary N) is 1. The standard InChI is InChI=1S/C22H24N2O/c25-22-15-19(23-16-18-10-5-2-6-11-18)21(24-13-7-12-20(22)24)14-17-8-3-1-4-9-17/h1-13,19,21-23,25H,14-16H2/t19-,21+,22+/m1/s1. The molecular weight excluding hydrogens is 308 g/mol. The molecule has 25 heavy (non-hydrogen) atoms. The Morgan fingerprint density at radius 3 is 2.28 bits per heavy atom. The zero-order valence-electron chi connectivity index (χ0n) is 14.3. The molecule has 0 saturated carbocycles. The van der Waals surface area contributed by atoms with Crippen molar-refractivity contribution in [3.05, 3.63) is 95.8 Å². The van der Waals surface area contributed by atoms with Crippen LogP contribution in [0.1, 0.15) is 35.4 Å². The molecule has 3 atom stereocenters. The van der Waals surface area contributed by atoms with E-state index in [9.17, 15) is 5.11 Å². The van der Waals surface area contributed by atoms with Gasteiger partial charge >= 0.3 is 0 Å². The first kappa shape index (κ1) is 16.1. The van der Waals surface area contributed by atoms with E-state index >= 15 is 0 Å². The number of aromatic nitrogens is 1. The van der Waals surface area contributed by atoms with Crippen LogP contribution in [0.2, 0.25) is 0 Å². The predicted octanol–water partition coefficient (Wildman–Crippen LogP) is 3.87. The van der Waals surface area contributed by atoms with Crippen LogP contribution >= 0.6 is 0 Å². The third-order valence-corrected chi connectivity index (χ3v) is 5.15. The number of rotatable bonds is 5. The minimum atomic E-state index is -0.407. The number of nitrogens with zero attached hydrogens (tertiary/aromatic N) is 1. The van der Waals surface area contributed by atoms with Crippen molar-refractivity contribution in [1.82, 2.24) is 9.88 Å². The van der Waals surface area contributed by atoms with Crippen LogP contribution in [0, 0.1) is 0 Å². The Bertz CT molecular complexity index is 797. The monoisotopic (exact) mass is 332 g/mol. The van der Waals surface area contributed by atoms with E-state index in [0.29, 0.717) is 6.04 Å². The molecule has 0 radical (unpaired) electrons. The van der Waals surface area contributed by atoms with Crippen LogP contribution < -0.4 is 5.32 Å². The van der Waals surface area contributed by atoms with Crippen LogP contribution in [-0.2, 0) is 13.0 Å². The molecule has 2 N–H and O–H groups in total. The van der Waals surface area contributed by atoms with Gasteiger partial charge in [-0.3, -0.25) is 0 Å². The van der Waals surface area contributed by atoms with Crippen LogP contribution in [0.4, 0.5) is 0 Å². The third kappa shape index (κ3) is 3.53. The largest absolute Gasteiger partial charge is 0.387 e. The summed E-state index contributed by atoms with van der Waals surface area (Å²) in [4.78, 5) is 0. The van der Waals surface area contributed by atoms with Crippen molar-refractivity contribution in [2.45, 2.75) is 37.6 Å². The van der Waals surface area contributed by atoms with Crippen molar-refractivity contribution >= 4 is 0 Å². The van der Waals surface area contributed by atoms with E-state index in [-0.39, 0.29) is 6.04 Å². The Labute approximate surface area is 148 Å². The first-order valence-corrected chi connectivity index (χ1v) is 8.97. The quantitative estimate of drug-likeness (QED) is 0.744. The molecule has 1 aliphatic heterocycles. The maximum atomic E-state index is 10.5. The third-order valence-electron chi connectivity index (χ3n) is 5.15. The summed E-state index contributed by atoms with van der Waals surface area (Å²) in [6.45, 7) is 0.820. The fourth-order valence-electron chi connectivity index (χ4n) is 3.86. The molecule has 4 rings (SSSR count). The van der Waals surface area contributed by atoms with Gasteiger partial charge < -0.3 is 15.0 Å². The average molecular weight is 332 g/mol. The van der Waals surface area contributed by atoms with Crippen molar-refractivity contribution in [3.8, 4) is 0 Å². The highest BCUT2D eigenvalue weighted by Gasteiger charge is 2.33. The summed E-state index contributed by atoms with van der Waals surface area (Å²) >= 11 is 0. The topological polar surface area (TPSA) is 37.2 Å². The van der Waals surface area contributed by atoms with Gasteiger partial charge in [0.05, 0.1) is 12.1 Å². The molecule has 0 saturated heterocycles. The van der Waals surface area contributed by atoms with Crippen molar-refractivity contribution in [2.24, 2.45) is 0 Å². The Morgan fingerprint density at radius 1 is 0.880 bits per heavy atom. The van der Waals surface area contributed by atoms with E-state index in [0.717, 1.165) is 25.1 Å². The second-order valence-electron chi connectivity index (χ2n) is 6.82. The molecule has 2 aromatic carbocycles.